The first-order chi connectivity index (χ1) is 6.59. The molecule has 1 saturated heterocycles. The zero-order valence-corrected chi connectivity index (χ0v) is 9.03. The van der Waals surface area contributed by atoms with Gasteiger partial charge in [0.1, 0.15) is 0 Å². The number of hydrogen-bond acceptors (Lipinski definition) is 2. The van der Waals surface area contributed by atoms with Crippen LogP contribution in [0.5, 0.6) is 0 Å². The molecule has 2 aliphatic rings. The van der Waals surface area contributed by atoms with Crippen molar-refractivity contribution < 1.29 is 8.78 Å². The molecule has 0 aromatic rings. The largest absolute Gasteiger partial charge is 0.327 e. The minimum absolute atomic E-state index is 0.0900. The second kappa shape index (κ2) is 3.97. The van der Waals surface area contributed by atoms with E-state index in [1.807, 2.05) is 0 Å². The van der Waals surface area contributed by atoms with E-state index in [1.54, 1.807) is 11.8 Å². The zero-order chi connectivity index (χ0) is 10.2. The molecule has 1 saturated carbocycles. The van der Waals surface area contributed by atoms with E-state index in [-0.39, 0.29) is 12.5 Å². The Bertz CT molecular complexity index is 210. The molecule has 0 bridgehead atoms. The van der Waals surface area contributed by atoms with Gasteiger partial charge in [0.2, 0.25) is 0 Å². The molecule has 2 N–H and O–H groups in total. The molecule has 1 aliphatic heterocycles. The summed E-state index contributed by atoms with van der Waals surface area (Å²) in [6, 6.07) is 0.149. The minimum atomic E-state index is -2.41. The van der Waals surface area contributed by atoms with Crippen molar-refractivity contribution in [1.29, 1.82) is 0 Å². The summed E-state index contributed by atoms with van der Waals surface area (Å²) < 4.78 is 26.7. The molecule has 0 spiro atoms. The fraction of sp³-hybridized carbons (Fsp3) is 1.00. The van der Waals surface area contributed by atoms with Gasteiger partial charge in [-0.15, -0.1) is 0 Å². The van der Waals surface area contributed by atoms with Crippen LogP contribution in [0.1, 0.15) is 25.7 Å². The monoisotopic (exact) mass is 221 g/mol. The summed E-state index contributed by atoms with van der Waals surface area (Å²) in [7, 11) is 0. The molecule has 3 unspecified atom stereocenters. The third kappa shape index (κ3) is 2.06. The third-order valence-corrected chi connectivity index (χ3v) is 4.78. The lowest BCUT2D eigenvalue weighted by atomic mass is 9.89. The second-order valence-corrected chi connectivity index (χ2v) is 5.62. The Hall–Kier alpha value is 0.170. The molecule has 1 heterocycles. The van der Waals surface area contributed by atoms with Crippen LogP contribution in [-0.2, 0) is 0 Å². The van der Waals surface area contributed by atoms with Crippen LogP contribution in [0, 0.1) is 11.8 Å². The van der Waals surface area contributed by atoms with E-state index in [0.29, 0.717) is 25.2 Å². The van der Waals surface area contributed by atoms with Gasteiger partial charge in [0.25, 0.3) is 5.92 Å². The number of nitrogens with two attached hydrogens (primary N) is 1. The third-order valence-electron chi connectivity index (χ3n) is 3.49. The van der Waals surface area contributed by atoms with Gasteiger partial charge >= 0.3 is 0 Å². The molecule has 3 atom stereocenters. The summed E-state index contributed by atoms with van der Waals surface area (Å²) in [4.78, 5) is 0. The average Bonchev–Trinajstić information content (AvgIpc) is 2.62. The first kappa shape index (κ1) is 10.7. The van der Waals surface area contributed by atoms with Gasteiger partial charge in [-0.2, -0.15) is 11.8 Å². The van der Waals surface area contributed by atoms with Gasteiger partial charge in [-0.25, -0.2) is 8.78 Å². The van der Waals surface area contributed by atoms with Gasteiger partial charge < -0.3 is 5.73 Å². The van der Waals surface area contributed by atoms with Crippen LogP contribution in [0.25, 0.3) is 0 Å². The number of rotatable bonds is 2. The molecule has 1 aliphatic carbocycles. The van der Waals surface area contributed by atoms with Crippen molar-refractivity contribution in [1.82, 2.24) is 0 Å². The molecule has 14 heavy (non-hydrogen) atoms. The SMILES string of the molecule is NC1CSCC1CC1CCCC1(F)F. The topological polar surface area (TPSA) is 26.0 Å². The fourth-order valence-corrected chi connectivity index (χ4v) is 3.88. The highest BCUT2D eigenvalue weighted by Crippen LogP contribution is 2.45. The maximum absolute atomic E-state index is 13.3. The number of thioether (sulfide) groups is 1. The molecule has 0 radical (unpaired) electrons. The van der Waals surface area contributed by atoms with E-state index in [0.717, 1.165) is 11.5 Å². The molecule has 0 aromatic heterocycles. The summed E-state index contributed by atoms with van der Waals surface area (Å²) in [6.45, 7) is 0. The normalized spacial score (nSPS) is 41.8. The lowest BCUT2D eigenvalue weighted by Crippen LogP contribution is -2.33. The van der Waals surface area contributed by atoms with Crippen molar-refractivity contribution in [2.75, 3.05) is 11.5 Å². The van der Waals surface area contributed by atoms with Crippen LogP contribution in [0.15, 0.2) is 0 Å². The number of halogens is 2. The van der Waals surface area contributed by atoms with E-state index in [9.17, 15) is 8.78 Å². The molecule has 4 heteroatoms. The Morgan fingerprint density at radius 2 is 2.14 bits per heavy atom. The zero-order valence-electron chi connectivity index (χ0n) is 8.22. The van der Waals surface area contributed by atoms with Gasteiger partial charge in [-0.3, -0.25) is 0 Å². The Morgan fingerprint density at radius 3 is 2.64 bits per heavy atom. The molecular formula is C10H17F2NS. The Labute approximate surface area is 87.8 Å². The first-order valence-corrected chi connectivity index (χ1v) is 6.46. The second-order valence-electron chi connectivity index (χ2n) is 4.55. The minimum Gasteiger partial charge on any atom is -0.327 e. The lowest BCUT2D eigenvalue weighted by Gasteiger charge is -2.23. The van der Waals surface area contributed by atoms with Gasteiger partial charge in [-0.05, 0) is 30.9 Å². The maximum Gasteiger partial charge on any atom is 0.250 e. The highest BCUT2D eigenvalue weighted by molar-refractivity contribution is 7.99. The highest BCUT2D eigenvalue weighted by atomic mass is 32.2. The summed E-state index contributed by atoms with van der Waals surface area (Å²) >= 11 is 1.80. The fourth-order valence-electron chi connectivity index (χ4n) is 2.51. The van der Waals surface area contributed by atoms with Crippen molar-refractivity contribution in [2.24, 2.45) is 17.6 Å². The summed E-state index contributed by atoms with van der Waals surface area (Å²) in [6.07, 6.45) is 2.11. The molecular weight excluding hydrogens is 204 g/mol. The van der Waals surface area contributed by atoms with Crippen LogP contribution < -0.4 is 5.73 Å². The van der Waals surface area contributed by atoms with Gasteiger partial charge in [-0.1, -0.05) is 0 Å². The first-order valence-electron chi connectivity index (χ1n) is 5.31. The predicted molar refractivity (Wildman–Crippen MR) is 55.7 cm³/mol. The standard InChI is InChI=1S/C10H17F2NS/c11-10(12)3-1-2-8(10)4-7-5-14-6-9(7)13/h7-9H,1-6,13H2. The van der Waals surface area contributed by atoms with Crippen LogP contribution in [0.4, 0.5) is 8.78 Å². The van der Waals surface area contributed by atoms with E-state index in [4.69, 9.17) is 5.73 Å². The van der Waals surface area contributed by atoms with E-state index in [1.165, 1.54) is 0 Å². The van der Waals surface area contributed by atoms with E-state index in [2.05, 4.69) is 0 Å². The molecule has 1 nitrogen and oxygen atoms in total. The lowest BCUT2D eigenvalue weighted by molar-refractivity contribution is -0.0440. The predicted octanol–water partition coefficient (Wildman–Crippen LogP) is 2.50. The Kier molecular flexibility index (Phi) is 3.03. The van der Waals surface area contributed by atoms with Gasteiger partial charge in [0.05, 0.1) is 0 Å². The van der Waals surface area contributed by atoms with Crippen LogP contribution in [-0.4, -0.2) is 23.5 Å². The number of alkyl halides is 2. The van der Waals surface area contributed by atoms with Crippen LogP contribution in [0.3, 0.4) is 0 Å². The molecule has 2 rings (SSSR count). The molecule has 2 fully saturated rings. The molecule has 0 aromatic carbocycles. The van der Waals surface area contributed by atoms with Gasteiger partial charge in [0, 0.05) is 24.1 Å². The van der Waals surface area contributed by atoms with Crippen molar-refractivity contribution in [2.45, 2.75) is 37.6 Å². The smallest absolute Gasteiger partial charge is 0.250 e. The average molecular weight is 221 g/mol. The van der Waals surface area contributed by atoms with Crippen LogP contribution in [0.2, 0.25) is 0 Å². The van der Waals surface area contributed by atoms with Crippen LogP contribution >= 0.6 is 11.8 Å². The molecule has 82 valence electrons. The van der Waals surface area contributed by atoms with E-state index >= 15 is 0 Å². The van der Waals surface area contributed by atoms with Gasteiger partial charge in [0.15, 0.2) is 0 Å². The van der Waals surface area contributed by atoms with E-state index < -0.39 is 11.8 Å². The Balaban J connectivity index is 1.90. The summed E-state index contributed by atoms with van der Waals surface area (Å²) in [5.74, 6) is -0.546. The van der Waals surface area contributed by atoms with Crippen molar-refractivity contribution in [3.05, 3.63) is 0 Å². The maximum atomic E-state index is 13.3. The molecule has 0 amide bonds. The quantitative estimate of drug-likeness (QED) is 0.775. The van der Waals surface area contributed by atoms with Crippen molar-refractivity contribution in [3.8, 4) is 0 Å². The summed E-state index contributed by atoms with van der Waals surface area (Å²) in [5, 5.41) is 0. The Morgan fingerprint density at radius 1 is 1.36 bits per heavy atom. The van der Waals surface area contributed by atoms with Crippen molar-refractivity contribution in [3.63, 3.8) is 0 Å². The van der Waals surface area contributed by atoms with Crippen molar-refractivity contribution >= 4 is 11.8 Å². The summed E-state index contributed by atoms with van der Waals surface area (Å²) in [5.41, 5.74) is 5.88. The number of hydrogen-bond donors (Lipinski definition) is 1. The highest BCUT2D eigenvalue weighted by Gasteiger charge is 2.45.